The minimum atomic E-state index is -1.05. The molecule has 0 radical (unpaired) electrons. The highest BCUT2D eigenvalue weighted by Gasteiger charge is 2.54. The summed E-state index contributed by atoms with van der Waals surface area (Å²) in [5.41, 5.74) is 0.805. The molecule has 0 aromatic heterocycles. The van der Waals surface area contributed by atoms with Crippen LogP contribution in [0.4, 0.5) is 0 Å². The van der Waals surface area contributed by atoms with E-state index in [1.165, 1.54) is 0 Å². The lowest BCUT2D eigenvalue weighted by molar-refractivity contribution is -0.143. The number of rotatable bonds is 2. The summed E-state index contributed by atoms with van der Waals surface area (Å²) in [5.74, 6) is -4.02. The molecule has 3 rings (SSSR count). The van der Waals surface area contributed by atoms with Crippen molar-refractivity contribution in [1.29, 1.82) is 0 Å². The molecule has 6 heteroatoms. The lowest BCUT2D eigenvalue weighted by Crippen LogP contribution is -2.47. The number of nitrogens with one attached hydrogen (secondary N) is 1. The van der Waals surface area contributed by atoms with Crippen molar-refractivity contribution < 1.29 is 19.2 Å². The van der Waals surface area contributed by atoms with Gasteiger partial charge in [-0.25, -0.2) is 0 Å². The van der Waals surface area contributed by atoms with Crippen molar-refractivity contribution in [3.8, 4) is 0 Å². The Balaban J connectivity index is 1.87. The van der Waals surface area contributed by atoms with Gasteiger partial charge in [-0.3, -0.25) is 29.4 Å². The van der Waals surface area contributed by atoms with E-state index in [9.17, 15) is 19.2 Å². The molecule has 2 aliphatic rings. The van der Waals surface area contributed by atoms with Crippen LogP contribution in [0.3, 0.4) is 0 Å². The van der Waals surface area contributed by atoms with E-state index in [0.717, 1.165) is 10.5 Å². The highest BCUT2D eigenvalue weighted by molar-refractivity contribution is 6.20. The summed E-state index contributed by atoms with van der Waals surface area (Å²) in [4.78, 5) is 48.5. The maximum Gasteiger partial charge on any atom is 0.242 e. The molecule has 102 valence electrons. The lowest BCUT2D eigenvalue weighted by atomic mass is 9.88. The van der Waals surface area contributed by atoms with Gasteiger partial charge in [-0.15, -0.1) is 0 Å². The summed E-state index contributed by atoms with van der Waals surface area (Å²) in [6.07, 6.45) is -0.105. The molecule has 2 saturated heterocycles. The fourth-order valence-corrected chi connectivity index (χ4v) is 2.68. The van der Waals surface area contributed by atoms with Gasteiger partial charge in [0, 0.05) is 6.42 Å². The Labute approximate surface area is 114 Å². The second-order valence-electron chi connectivity index (χ2n) is 4.95. The molecule has 0 bridgehead atoms. The van der Waals surface area contributed by atoms with Gasteiger partial charge in [-0.2, -0.15) is 0 Å². The molecule has 20 heavy (non-hydrogen) atoms. The highest BCUT2D eigenvalue weighted by Crippen LogP contribution is 2.32. The number of hydrogen-bond donors (Lipinski definition) is 1. The smallest absolute Gasteiger partial charge is 0.242 e. The van der Waals surface area contributed by atoms with Gasteiger partial charge in [0.05, 0.1) is 12.5 Å². The third kappa shape index (κ3) is 1.89. The van der Waals surface area contributed by atoms with E-state index in [-0.39, 0.29) is 13.0 Å². The van der Waals surface area contributed by atoms with Gasteiger partial charge >= 0.3 is 0 Å². The fraction of sp³-hybridized carbons (Fsp3) is 0.286. The number of amides is 4. The molecule has 2 fully saturated rings. The van der Waals surface area contributed by atoms with Crippen LogP contribution in [-0.2, 0) is 25.7 Å². The molecule has 1 aromatic carbocycles. The zero-order chi connectivity index (χ0) is 14.3. The summed E-state index contributed by atoms with van der Waals surface area (Å²) in [6.45, 7) is 0.132. The summed E-state index contributed by atoms with van der Waals surface area (Å²) in [6, 6.07) is 9.05. The van der Waals surface area contributed by atoms with Gasteiger partial charge in [-0.1, -0.05) is 30.3 Å². The van der Waals surface area contributed by atoms with Crippen LogP contribution in [0.2, 0.25) is 0 Å². The molecule has 2 atom stereocenters. The number of likely N-dealkylation sites (tertiary alicyclic amines) is 1. The van der Waals surface area contributed by atoms with E-state index in [1.807, 2.05) is 18.2 Å². The average molecular weight is 272 g/mol. The highest BCUT2D eigenvalue weighted by atomic mass is 16.2. The Morgan fingerprint density at radius 2 is 1.75 bits per heavy atom. The van der Waals surface area contributed by atoms with Crippen molar-refractivity contribution in [2.24, 2.45) is 11.8 Å². The minimum absolute atomic E-state index is 0.105. The van der Waals surface area contributed by atoms with Crippen molar-refractivity contribution in [1.82, 2.24) is 10.2 Å². The topological polar surface area (TPSA) is 83.6 Å². The zero-order valence-corrected chi connectivity index (χ0v) is 10.5. The van der Waals surface area contributed by atoms with E-state index in [0.29, 0.717) is 0 Å². The van der Waals surface area contributed by atoms with Crippen molar-refractivity contribution in [3.05, 3.63) is 35.9 Å². The van der Waals surface area contributed by atoms with Gasteiger partial charge in [0.2, 0.25) is 23.6 Å². The predicted molar refractivity (Wildman–Crippen MR) is 66.7 cm³/mol. The number of nitrogens with zero attached hydrogens (tertiary/aromatic N) is 1. The van der Waals surface area contributed by atoms with Crippen LogP contribution in [-0.4, -0.2) is 28.5 Å². The summed E-state index contributed by atoms with van der Waals surface area (Å²) in [7, 11) is 0. The van der Waals surface area contributed by atoms with Gasteiger partial charge in [-0.05, 0) is 5.56 Å². The number of imide groups is 2. The quantitative estimate of drug-likeness (QED) is 0.598. The van der Waals surface area contributed by atoms with E-state index in [1.54, 1.807) is 12.1 Å². The fourth-order valence-electron chi connectivity index (χ4n) is 2.68. The first-order valence-electron chi connectivity index (χ1n) is 6.31. The molecule has 6 nitrogen and oxygen atoms in total. The molecule has 2 heterocycles. The van der Waals surface area contributed by atoms with Crippen molar-refractivity contribution in [2.45, 2.75) is 13.0 Å². The second-order valence-corrected chi connectivity index (χ2v) is 4.95. The summed E-state index contributed by atoms with van der Waals surface area (Å²) >= 11 is 0. The molecular weight excluding hydrogens is 260 g/mol. The summed E-state index contributed by atoms with van der Waals surface area (Å²) in [5, 5.41) is 2.11. The third-order valence-electron chi connectivity index (χ3n) is 3.65. The van der Waals surface area contributed by atoms with Crippen LogP contribution in [0.25, 0.3) is 0 Å². The Morgan fingerprint density at radius 1 is 1.05 bits per heavy atom. The van der Waals surface area contributed by atoms with Crippen LogP contribution < -0.4 is 5.32 Å². The Kier molecular flexibility index (Phi) is 2.85. The molecule has 0 aliphatic carbocycles. The monoisotopic (exact) mass is 272 g/mol. The van der Waals surface area contributed by atoms with Crippen LogP contribution in [0, 0.1) is 11.8 Å². The molecule has 1 N–H and O–H groups in total. The molecule has 1 aromatic rings. The first kappa shape index (κ1) is 12.5. The number of fused-ring (bicyclic) bond motifs is 1. The number of carbonyl (C=O) groups excluding carboxylic acids is 4. The van der Waals surface area contributed by atoms with Crippen molar-refractivity contribution in [2.75, 3.05) is 0 Å². The summed E-state index contributed by atoms with van der Waals surface area (Å²) < 4.78 is 0. The molecule has 4 amide bonds. The molecule has 2 aliphatic heterocycles. The lowest BCUT2D eigenvalue weighted by Gasteiger charge is -2.19. The standard InChI is InChI=1S/C14H12N2O4/c17-10-6-9-11(12(18)15-10)14(20)16(13(9)19)7-8-4-2-1-3-5-8/h1-5,9,11H,6-7H2,(H,15,17,18)/t9-,11-/m0/s1. The largest absolute Gasteiger partial charge is 0.296 e. The first-order valence-corrected chi connectivity index (χ1v) is 6.31. The van der Waals surface area contributed by atoms with Crippen LogP contribution in [0.5, 0.6) is 0 Å². The molecule has 0 unspecified atom stereocenters. The zero-order valence-electron chi connectivity index (χ0n) is 10.5. The van der Waals surface area contributed by atoms with E-state index in [2.05, 4.69) is 5.32 Å². The number of benzene rings is 1. The number of hydrogen-bond acceptors (Lipinski definition) is 4. The van der Waals surface area contributed by atoms with Crippen molar-refractivity contribution >= 4 is 23.6 Å². The molecule has 0 spiro atoms. The van der Waals surface area contributed by atoms with Crippen molar-refractivity contribution in [3.63, 3.8) is 0 Å². The maximum absolute atomic E-state index is 12.2. The van der Waals surface area contributed by atoms with Gasteiger partial charge in [0.1, 0.15) is 5.92 Å². The van der Waals surface area contributed by atoms with Gasteiger partial charge < -0.3 is 0 Å². The molecular formula is C14H12N2O4. The van der Waals surface area contributed by atoms with Gasteiger partial charge in [0.15, 0.2) is 0 Å². The maximum atomic E-state index is 12.2. The Hall–Kier alpha value is -2.50. The van der Waals surface area contributed by atoms with E-state index in [4.69, 9.17) is 0 Å². The van der Waals surface area contributed by atoms with Crippen LogP contribution >= 0.6 is 0 Å². The van der Waals surface area contributed by atoms with Crippen LogP contribution in [0.15, 0.2) is 30.3 Å². The number of piperidine rings is 1. The first-order chi connectivity index (χ1) is 9.58. The van der Waals surface area contributed by atoms with E-state index >= 15 is 0 Å². The van der Waals surface area contributed by atoms with Crippen LogP contribution in [0.1, 0.15) is 12.0 Å². The SMILES string of the molecule is O=C1C[C@@H]2C(=O)N(Cc3ccccc3)C(=O)[C@@H]2C(=O)N1. The molecule has 0 saturated carbocycles. The average Bonchev–Trinajstić information content (AvgIpc) is 2.65. The number of carbonyl (C=O) groups is 4. The predicted octanol–water partition coefficient (Wildman–Crippen LogP) is -0.166. The Morgan fingerprint density at radius 3 is 2.45 bits per heavy atom. The van der Waals surface area contributed by atoms with Gasteiger partial charge in [0.25, 0.3) is 0 Å². The second kappa shape index (κ2) is 4.56. The minimum Gasteiger partial charge on any atom is -0.296 e. The normalized spacial score (nSPS) is 25.7. The third-order valence-corrected chi connectivity index (χ3v) is 3.65. The van der Waals surface area contributed by atoms with E-state index < -0.39 is 35.5 Å². The Bertz CT molecular complexity index is 611.